The summed E-state index contributed by atoms with van der Waals surface area (Å²) in [5, 5.41) is 10.7. The number of non-ortho nitro benzene ring substituents is 1. The molecular weight excluding hydrogens is 600 g/mol. The molecule has 15 heteroatoms. The van der Waals surface area contributed by atoms with Crippen molar-refractivity contribution in [3.05, 3.63) is 72.7 Å². The molecule has 3 aromatic rings. The number of fused-ring (bicyclic) bond motifs is 2. The van der Waals surface area contributed by atoms with Gasteiger partial charge in [-0.15, -0.1) is 0 Å². The summed E-state index contributed by atoms with van der Waals surface area (Å²) >= 11 is 2.05. The molecule has 1 aromatic heterocycles. The van der Waals surface area contributed by atoms with Gasteiger partial charge in [-0.05, 0) is 29.8 Å². The average molecular weight is 627 g/mol. The molecule has 3 amide bonds. The first-order valence-corrected chi connectivity index (χ1v) is 15.0. The third kappa shape index (κ3) is 4.96. The SMILES string of the molecule is COc1ccc([C@H]2c3sc(=O)n(CC(=O)N4CCOCC4)c3SC3C(=O)N(c4ccc([N+](=O)[O-])cc4)C(=O)C32)cc1OC. The van der Waals surface area contributed by atoms with E-state index in [4.69, 9.17) is 14.2 Å². The number of rotatable bonds is 7. The van der Waals surface area contributed by atoms with E-state index in [-0.39, 0.29) is 28.7 Å². The molecular formula is C28H26N4O9S2. The number of nitro benzene ring substituents is 1. The number of aromatic nitrogens is 1. The van der Waals surface area contributed by atoms with Crippen molar-refractivity contribution in [1.82, 2.24) is 9.47 Å². The van der Waals surface area contributed by atoms with Crippen molar-refractivity contribution in [3.63, 3.8) is 0 Å². The zero-order valence-electron chi connectivity index (χ0n) is 23.1. The van der Waals surface area contributed by atoms with E-state index in [1.807, 2.05) is 0 Å². The van der Waals surface area contributed by atoms with Crippen LogP contribution in [0.1, 0.15) is 16.4 Å². The maximum absolute atomic E-state index is 14.1. The summed E-state index contributed by atoms with van der Waals surface area (Å²) < 4.78 is 17.6. The van der Waals surface area contributed by atoms with Gasteiger partial charge in [0.05, 0.1) is 49.0 Å². The Kier molecular flexibility index (Phi) is 7.70. The van der Waals surface area contributed by atoms with Crippen LogP contribution >= 0.6 is 23.1 Å². The lowest BCUT2D eigenvalue weighted by molar-refractivity contribution is -0.384. The molecule has 4 heterocycles. The van der Waals surface area contributed by atoms with Crippen LogP contribution in [0, 0.1) is 16.0 Å². The van der Waals surface area contributed by atoms with E-state index in [2.05, 4.69) is 0 Å². The minimum absolute atomic E-state index is 0.172. The highest BCUT2D eigenvalue weighted by molar-refractivity contribution is 8.00. The first-order chi connectivity index (χ1) is 20.7. The van der Waals surface area contributed by atoms with Gasteiger partial charge in [0.25, 0.3) is 5.69 Å². The number of anilines is 1. The summed E-state index contributed by atoms with van der Waals surface area (Å²) in [4.78, 5) is 68.0. The van der Waals surface area contributed by atoms with Gasteiger partial charge in [-0.25, -0.2) is 4.90 Å². The van der Waals surface area contributed by atoms with Crippen LogP contribution in [0.3, 0.4) is 0 Å². The predicted molar refractivity (Wildman–Crippen MR) is 156 cm³/mol. The predicted octanol–water partition coefficient (Wildman–Crippen LogP) is 2.49. The molecule has 2 saturated heterocycles. The van der Waals surface area contributed by atoms with Crippen LogP contribution < -0.4 is 19.2 Å². The lowest BCUT2D eigenvalue weighted by Gasteiger charge is -2.31. The third-order valence-electron chi connectivity index (χ3n) is 7.79. The molecule has 3 aliphatic rings. The highest BCUT2D eigenvalue weighted by Gasteiger charge is 2.57. The lowest BCUT2D eigenvalue weighted by atomic mass is 9.83. The van der Waals surface area contributed by atoms with Crippen molar-refractivity contribution in [3.8, 4) is 11.5 Å². The number of morpholine rings is 1. The zero-order chi connectivity index (χ0) is 30.4. The Morgan fingerprint density at radius 2 is 1.72 bits per heavy atom. The Hall–Kier alpha value is -4.21. The average Bonchev–Trinajstić information content (AvgIpc) is 3.47. The molecule has 224 valence electrons. The summed E-state index contributed by atoms with van der Waals surface area (Å²) in [6, 6.07) is 10.4. The van der Waals surface area contributed by atoms with Gasteiger partial charge in [-0.1, -0.05) is 29.2 Å². The normalized spacial score (nSPS) is 21.4. The molecule has 0 aliphatic carbocycles. The van der Waals surface area contributed by atoms with E-state index in [1.54, 1.807) is 23.1 Å². The maximum atomic E-state index is 14.1. The fourth-order valence-electron chi connectivity index (χ4n) is 5.69. The van der Waals surface area contributed by atoms with Crippen molar-refractivity contribution in [2.24, 2.45) is 5.92 Å². The number of hydrogen-bond donors (Lipinski definition) is 0. The number of thiazole rings is 1. The Labute approximate surface area is 253 Å². The number of thioether (sulfide) groups is 1. The van der Waals surface area contributed by atoms with Gasteiger partial charge >= 0.3 is 4.87 Å². The Balaban J connectivity index is 1.45. The van der Waals surface area contributed by atoms with Crippen LogP contribution in [0.2, 0.25) is 0 Å². The maximum Gasteiger partial charge on any atom is 0.308 e. The highest BCUT2D eigenvalue weighted by Crippen LogP contribution is 2.54. The summed E-state index contributed by atoms with van der Waals surface area (Å²) in [7, 11) is 2.99. The Morgan fingerprint density at radius 1 is 1.02 bits per heavy atom. The van der Waals surface area contributed by atoms with Gasteiger partial charge < -0.3 is 19.1 Å². The van der Waals surface area contributed by atoms with Crippen LogP contribution in [0.15, 0.2) is 52.3 Å². The van der Waals surface area contributed by atoms with E-state index in [1.165, 1.54) is 43.1 Å². The highest BCUT2D eigenvalue weighted by atomic mass is 32.2. The number of ether oxygens (including phenoxy) is 3. The van der Waals surface area contributed by atoms with E-state index in [0.29, 0.717) is 53.3 Å². The van der Waals surface area contributed by atoms with Gasteiger partial charge in [0.2, 0.25) is 17.7 Å². The van der Waals surface area contributed by atoms with Crippen molar-refractivity contribution in [2.75, 3.05) is 45.4 Å². The van der Waals surface area contributed by atoms with E-state index < -0.39 is 33.8 Å². The molecule has 0 radical (unpaired) electrons. The minimum Gasteiger partial charge on any atom is -0.493 e. The number of hydrogen-bond acceptors (Lipinski definition) is 11. The Morgan fingerprint density at radius 3 is 2.37 bits per heavy atom. The van der Waals surface area contributed by atoms with Crippen molar-refractivity contribution in [1.29, 1.82) is 0 Å². The largest absolute Gasteiger partial charge is 0.493 e. The van der Waals surface area contributed by atoms with E-state index in [9.17, 15) is 29.3 Å². The van der Waals surface area contributed by atoms with Gasteiger partial charge in [-0.3, -0.25) is 33.9 Å². The fraction of sp³-hybridized carbons (Fsp3) is 0.357. The van der Waals surface area contributed by atoms with Crippen molar-refractivity contribution >= 4 is 52.2 Å². The number of nitro groups is 1. The molecule has 0 spiro atoms. The fourth-order valence-corrected chi connectivity index (χ4v) is 8.46. The number of methoxy groups -OCH3 is 2. The quantitative estimate of drug-likeness (QED) is 0.217. The number of imide groups is 1. The molecule has 0 bridgehead atoms. The molecule has 0 saturated carbocycles. The second-order valence-corrected chi connectivity index (χ2v) is 12.2. The van der Waals surface area contributed by atoms with E-state index >= 15 is 0 Å². The minimum atomic E-state index is -0.910. The van der Waals surface area contributed by atoms with Gasteiger partial charge in [0.15, 0.2) is 11.5 Å². The van der Waals surface area contributed by atoms with Crippen molar-refractivity contribution < 1.29 is 33.5 Å². The molecule has 3 aliphatic heterocycles. The van der Waals surface area contributed by atoms with Crippen LogP contribution in [-0.2, 0) is 25.7 Å². The van der Waals surface area contributed by atoms with Crippen LogP contribution in [-0.4, -0.2) is 77.9 Å². The first kappa shape index (κ1) is 28.9. The lowest BCUT2D eigenvalue weighted by Crippen LogP contribution is -2.43. The number of carbonyl (C=O) groups excluding carboxylic acids is 3. The molecule has 2 aromatic carbocycles. The molecule has 2 unspecified atom stereocenters. The first-order valence-electron chi connectivity index (χ1n) is 13.3. The number of benzene rings is 2. The monoisotopic (exact) mass is 626 g/mol. The van der Waals surface area contributed by atoms with Gasteiger partial charge in [-0.2, -0.15) is 0 Å². The number of amides is 3. The molecule has 3 atom stereocenters. The summed E-state index contributed by atoms with van der Waals surface area (Å²) in [5.74, 6) is -1.95. The van der Waals surface area contributed by atoms with E-state index in [0.717, 1.165) is 28.0 Å². The standard InChI is InChI=1S/C28H26N4O9S2/c1-39-18-8-3-15(13-19(18)40-2)21-22-23(26(35)31(25(22)34)16-4-6-17(7-5-16)32(37)38)42-27-24(21)43-28(36)30(27)14-20(33)29-9-11-41-12-10-29/h3-8,13,21-23H,9-12,14H2,1-2H3/t21-,22?,23?/m1/s1. The summed E-state index contributed by atoms with van der Waals surface area (Å²) in [6.07, 6.45) is 0. The number of nitrogens with zero attached hydrogens (tertiary/aromatic N) is 4. The second kappa shape index (κ2) is 11.5. The van der Waals surface area contributed by atoms with Gasteiger partial charge in [0.1, 0.15) is 11.8 Å². The van der Waals surface area contributed by atoms with Crippen LogP contribution in [0.4, 0.5) is 11.4 Å². The third-order valence-corrected chi connectivity index (χ3v) is 10.4. The zero-order valence-corrected chi connectivity index (χ0v) is 24.7. The van der Waals surface area contributed by atoms with Crippen LogP contribution in [0.25, 0.3) is 0 Å². The summed E-state index contributed by atoms with van der Waals surface area (Å²) in [5.41, 5.74) is 0.674. The topological polar surface area (TPSA) is 151 Å². The van der Waals surface area contributed by atoms with Crippen molar-refractivity contribution in [2.45, 2.75) is 22.7 Å². The molecule has 0 N–H and O–H groups in total. The molecule has 6 rings (SSSR count). The summed E-state index contributed by atoms with van der Waals surface area (Å²) in [6.45, 7) is 1.46. The smallest absolute Gasteiger partial charge is 0.308 e. The van der Waals surface area contributed by atoms with Crippen LogP contribution in [0.5, 0.6) is 11.5 Å². The van der Waals surface area contributed by atoms with Gasteiger partial charge in [0, 0.05) is 36.0 Å². The molecule has 2 fully saturated rings. The second-order valence-electron chi connectivity index (χ2n) is 10.1. The molecule has 13 nitrogen and oxygen atoms in total. The number of carbonyl (C=O) groups is 3. The Bertz CT molecular complexity index is 1680. The molecule has 43 heavy (non-hydrogen) atoms.